The van der Waals surface area contributed by atoms with E-state index in [1.54, 1.807) is 0 Å². The highest BCUT2D eigenvalue weighted by Gasteiger charge is 2.15. The van der Waals surface area contributed by atoms with E-state index in [4.69, 9.17) is 0 Å². The smallest absolute Gasteiger partial charge is 0.158 e. The second-order valence-corrected chi connectivity index (χ2v) is 4.83. The van der Waals surface area contributed by atoms with Gasteiger partial charge in [-0.05, 0) is 26.3 Å². The van der Waals surface area contributed by atoms with Crippen LogP contribution in [0.15, 0.2) is 18.6 Å². The van der Waals surface area contributed by atoms with Crippen LogP contribution in [-0.2, 0) is 6.42 Å². The zero-order valence-corrected chi connectivity index (χ0v) is 12.2. The molecule has 0 bridgehead atoms. The van der Waals surface area contributed by atoms with Crippen LogP contribution in [0.4, 0.5) is 0 Å². The summed E-state index contributed by atoms with van der Waals surface area (Å²) in [6.07, 6.45) is 10.9. The van der Waals surface area contributed by atoms with Gasteiger partial charge in [-0.2, -0.15) is 0 Å². The molecule has 1 aliphatic heterocycles. The fraction of sp³-hybridized carbons (Fsp3) is 0.600. The molecule has 2 aromatic heterocycles. The molecule has 19 heavy (non-hydrogen) atoms. The van der Waals surface area contributed by atoms with Crippen molar-refractivity contribution in [2.45, 2.75) is 52.5 Å². The van der Waals surface area contributed by atoms with Crippen LogP contribution in [-0.4, -0.2) is 27.0 Å². The number of hydrogen-bond donors (Lipinski definition) is 1. The van der Waals surface area contributed by atoms with Crippen molar-refractivity contribution in [1.82, 2.24) is 19.7 Å². The molecule has 1 fully saturated rings. The minimum Gasteiger partial charge on any atom is -0.314 e. The van der Waals surface area contributed by atoms with Crippen molar-refractivity contribution in [2.75, 3.05) is 6.54 Å². The summed E-state index contributed by atoms with van der Waals surface area (Å²) in [5.41, 5.74) is 3.15. The monoisotopic (exact) mass is 260 g/mol. The minimum atomic E-state index is 0.599. The Balaban J connectivity index is 0.000000637. The van der Waals surface area contributed by atoms with E-state index < -0.39 is 0 Å². The lowest BCUT2D eigenvalue weighted by Crippen LogP contribution is -2.35. The number of piperidine rings is 1. The van der Waals surface area contributed by atoms with E-state index in [1.165, 1.54) is 25.0 Å². The average molecular weight is 260 g/mol. The van der Waals surface area contributed by atoms with Crippen molar-refractivity contribution in [2.24, 2.45) is 0 Å². The van der Waals surface area contributed by atoms with Gasteiger partial charge in [0, 0.05) is 31.1 Å². The highest BCUT2D eigenvalue weighted by atomic mass is 15.0. The van der Waals surface area contributed by atoms with Crippen LogP contribution in [0.1, 0.15) is 44.5 Å². The third-order valence-corrected chi connectivity index (χ3v) is 3.47. The van der Waals surface area contributed by atoms with Gasteiger partial charge in [-0.25, -0.2) is 4.98 Å². The van der Waals surface area contributed by atoms with Gasteiger partial charge in [-0.3, -0.25) is 4.98 Å². The second kappa shape index (κ2) is 6.66. The summed E-state index contributed by atoms with van der Waals surface area (Å²) in [6.45, 7) is 7.16. The maximum absolute atomic E-state index is 4.67. The van der Waals surface area contributed by atoms with Crippen LogP contribution in [0, 0.1) is 6.92 Å². The summed E-state index contributed by atoms with van der Waals surface area (Å²) in [7, 11) is 0. The molecule has 1 saturated heterocycles. The third-order valence-electron chi connectivity index (χ3n) is 3.47. The first-order chi connectivity index (χ1) is 9.33. The lowest BCUT2D eigenvalue weighted by atomic mass is 10.0. The van der Waals surface area contributed by atoms with Gasteiger partial charge in [0.05, 0.1) is 11.4 Å². The Kier molecular flexibility index (Phi) is 4.91. The number of hydrogen-bond acceptors (Lipinski definition) is 3. The fourth-order valence-corrected chi connectivity index (χ4v) is 2.55. The molecule has 0 aromatic carbocycles. The van der Waals surface area contributed by atoms with Gasteiger partial charge < -0.3 is 9.72 Å². The number of nitrogens with one attached hydrogen (secondary N) is 1. The van der Waals surface area contributed by atoms with Crippen LogP contribution >= 0.6 is 0 Å². The quantitative estimate of drug-likeness (QED) is 0.903. The Bertz CT molecular complexity index is 512. The Morgan fingerprint density at radius 2 is 2.21 bits per heavy atom. The molecule has 0 aliphatic carbocycles. The molecule has 3 rings (SSSR count). The highest BCUT2D eigenvalue weighted by molar-refractivity contribution is 5.44. The standard InChI is InChI=1S/C13H18N4.C2H6/c1-10-13-16-12(9-17(13)7-6-14-10)8-11-4-2-3-5-15-11;1-2/h6-7,9,11,15H,2-5,8H2,1H3;1-2H3/t11-;/m0./s1. The molecule has 2 aromatic rings. The first-order valence-electron chi connectivity index (χ1n) is 7.35. The van der Waals surface area contributed by atoms with Crippen LogP contribution in [0.5, 0.6) is 0 Å². The normalized spacial score (nSPS) is 19.0. The Hall–Kier alpha value is -1.42. The van der Waals surface area contributed by atoms with Crippen molar-refractivity contribution in [3.8, 4) is 0 Å². The fourth-order valence-electron chi connectivity index (χ4n) is 2.55. The molecular weight excluding hydrogens is 236 g/mol. The number of aryl methyl sites for hydroxylation is 1. The molecule has 0 spiro atoms. The van der Waals surface area contributed by atoms with Crippen LogP contribution < -0.4 is 5.32 Å². The number of aromatic nitrogens is 3. The summed E-state index contributed by atoms with van der Waals surface area (Å²) >= 11 is 0. The zero-order valence-electron chi connectivity index (χ0n) is 12.2. The van der Waals surface area contributed by atoms with E-state index in [0.29, 0.717) is 6.04 Å². The Morgan fingerprint density at radius 1 is 1.37 bits per heavy atom. The van der Waals surface area contributed by atoms with E-state index in [1.807, 2.05) is 33.2 Å². The van der Waals surface area contributed by atoms with Crippen LogP contribution in [0.25, 0.3) is 5.65 Å². The molecule has 4 nitrogen and oxygen atoms in total. The second-order valence-electron chi connectivity index (χ2n) is 4.83. The molecule has 3 heterocycles. The van der Waals surface area contributed by atoms with Crippen molar-refractivity contribution in [3.63, 3.8) is 0 Å². The summed E-state index contributed by atoms with van der Waals surface area (Å²) in [6, 6.07) is 0.599. The molecule has 0 amide bonds. The zero-order chi connectivity index (χ0) is 13.7. The van der Waals surface area contributed by atoms with Gasteiger partial charge in [0.25, 0.3) is 0 Å². The van der Waals surface area contributed by atoms with Crippen molar-refractivity contribution in [1.29, 1.82) is 0 Å². The summed E-state index contributed by atoms with van der Waals surface area (Å²) in [4.78, 5) is 8.94. The summed E-state index contributed by atoms with van der Waals surface area (Å²) < 4.78 is 2.07. The molecule has 1 N–H and O–H groups in total. The van der Waals surface area contributed by atoms with E-state index >= 15 is 0 Å². The van der Waals surface area contributed by atoms with E-state index in [0.717, 1.165) is 24.3 Å². The molecule has 0 saturated carbocycles. The Labute approximate surface area is 115 Å². The average Bonchev–Trinajstić information content (AvgIpc) is 2.86. The number of fused-ring (bicyclic) bond motifs is 1. The molecule has 0 unspecified atom stereocenters. The molecule has 1 atom stereocenters. The lowest BCUT2D eigenvalue weighted by molar-refractivity contribution is 0.397. The van der Waals surface area contributed by atoms with Gasteiger partial charge in [-0.1, -0.05) is 20.3 Å². The molecular formula is C15H24N4. The van der Waals surface area contributed by atoms with E-state index in [2.05, 4.69) is 25.9 Å². The Morgan fingerprint density at radius 3 is 2.89 bits per heavy atom. The molecule has 1 aliphatic rings. The van der Waals surface area contributed by atoms with E-state index in [9.17, 15) is 0 Å². The summed E-state index contributed by atoms with van der Waals surface area (Å²) in [5, 5.41) is 3.56. The van der Waals surface area contributed by atoms with Gasteiger partial charge in [0.15, 0.2) is 5.65 Å². The maximum Gasteiger partial charge on any atom is 0.158 e. The largest absolute Gasteiger partial charge is 0.314 e. The highest BCUT2D eigenvalue weighted by Crippen LogP contribution is 2.14. The topological polar surface area (TPSA) is 42.2 Å². The first-order valence-corrected chi connectivity index (χ1v) is 7.35. The van der Waals surface area contributed by atoms with Crippen LogP contribution in [0.2, 0.25) is 0 Å². The number of imidazole rings is 1. The van der Waals surface area contributed by atoms with Gasteiger partial charge in [0.1, 0.15) is 0 Å². The van der Waals surface area contributed by atoms with Crippen molar-refractivity contribution < 1.29 is 0 Å². The predicted molar refractivity (Wildman–Crippen MR) is 78.4 cm³/mol. The predicted octanol–water partition coefficient (Wildman–Crippen LogP) is 2.75. The van der Waals surface area contributed by atoms with Gasteiger partial charge >= 0.3 is 0 Å². The summed E-state index contributed by atoms with van der Waals surface area (Å²) in [5.74, 6) is 0. The van der Waals surface area contributed by atoms with Crippen LogP contribution in [0.3, 0.4) is 0 Å². The SMILES string of the molecule is CC.Cc1nccn2cc(C[C@@H]3CCCCN3)nc12. The molecule has 4 heteroatoms. The first kappa shape index (κ1) is 14.0. The third kappa shape index (κ3) is 3.32. The van der Waals surface area contributed by atoms with Crippen molar-refractivity contribution >= 4 is 5.65 Å². The minimum absolute atomic E-state index is 0.599. The van der Waals surface area contributed by atoms with Gasteiger partial charge in [0.2, 0.25) is 0 Å². The number of rotatable bonds is 2. The lowest BCUT2D eigenvalue weighted by Gasteiger charge is -2.22. The maximum atomic E-state index is 4.67. The van der Waals surface area contributed by atoms with E-state index in [-0.39, 0.29) is 0 Å². The molecule has 104 valence electrons. The number of nitrogens with zero attached hydrogens (tertiary/aromatic N) is 3. The van der Waals surface area contributed by atoms with Crippen molar-refractivity contribution in [3.05, 3.63) is 30.0 Å². The molecule has 0 radical (unpaired) electrons. The van der Waals surface area contributed by atoms with Gasteiger partial charge in [-0.15, -0.1) is 0 Å².